The number of piperidine rings is 1. The van der Waals surface area contributed by atoms with E-state index in [2.05, 4.69) is 10.1 Å². The highest BCUT2D eigenvalue weighted by molar-refractivity contribution is 7.08. The van der Waals surface area contributed by atoms with E-state index in [0.29, 0.717) is 42.4 Å². The number of amides is 1. The van der Waals surface area contributed by atoms with Crippen molar-refractivity contribution in [3.8, 4) is 11.4 Å². The van der Waals surface area contributed by atoms with Crippen LogP contribution in [0.1, 0.15) is 34.7 Å². The maximum absolute atomic E-state index is 13.8. The molecule has 140 valence electrons. The van der Waals surface area contributed by atoms with Crippen molar-refractivity contribution >= 4 is 17.2 Å². The van der Waals surface area contributed by atoms with Gasteiger partial charge in [0.1, 0.15) is 5.82 Å². The molecule has 4 rings (SSSR count). The number of hydrogen-bond acceptors (Lipinski definition) is 5. The van der Waals surface area contributed by atoms with Crippen molar-refractivity contribution in [1.82, 2.24) is 15.0 Å². The van der Waals surface area contributed by atoms with Gasteiger partial charge in [0.15, 0.2) is 0 Å². The maximum atomic E-state index is 13.8. The van der Waals surface area contributed by atoms with Gasteiger partial charge in [0.25, 0.3) is 5.91 Å². The highest BCUT2D eigenvalue weighted by Gasteiger charge is 2.26. The molecule has 1 aromatic carbocycles. The summed E-state index contributed by atoms with van der Waals surface area (Å²) in [5.41, 5.74) is 1.90. The zero-order valence-corrected chi connectivity index (χ0v) is 15.8. The predicted octanol–water partition coefficient (Wildman–Crippen LogP) is 4.34. The van der Waals surface area contributed by atoms with E-state index in [4.69, 9.17) is 4.52 Å². The Kier molecular flexibility index (Phi) is 5.03. The summed E-state index contributed by atoms with van der Waals surface area (Å²) >= 11 is 1.59. The Morgan fingerprint density at radius 1 is 1.41 bits per heavy atom. The number of hydrogen-bond donors (Lipinski definition) is 0. The molecule has 5 nitrogen and oxygen atoms in total. The lowest BCUT2D eigenvalue weighted by atomic mass is 9.94. The van der Waals surface area contributed by atoms with Gasteiger partial charge in [-0.25, -0.2) is 4.39 Å². The Hall–Kier alpha value is -2.54. The van der Waals surface area contributed by atoms with Gasteiger partial charge >= 0.3 is 0 Å². The van der Waals surface area contributed by atoms with Crippen molar-refractivity contribution < 1.29 is 13.7 Å². The predicted molar refractivity (Wildman–Crippen MR) is 101 cm³/mol. The van der Waals surface area contributed by atoms with Gasteiger partial charge in [0.05, 0.1) is 0 Å². The first-order valence-corrected chi connectivity index (χ1v) is 9.95. The highest BCUT2D eigenvalue weighted by Crippen LogP contribution is 2.24. The Balaban J connectivity index is 1.42. The van der Waals surface area contributed by atoms with E-state index >= 15 is 0 Å². The first kappa shape index (κ1) is 17.9. The van der Waals surface area contributed by atoms with Crippen molar-refractivity contribution in [1.29, 1.82) is 0 Å². The normalized spacial score (nSPS) is 17.3. The molecule has 1 saturated heterocycles. The lowest BCUT2D eigenvalue weighted by Crippen LogP contribution is -2.40. The van der Waals surface area contributed by atoms with Crippen LogP contribution in [0.25, 0.3) is 11.4 Å². The molecular weight excluding hydrogens is 365 g/mol. The van der Waals surface area contributed by atoms with Crippen molar-refractivity contribution in [2.24, 2.45) is 5.92 Å². The second-order valence-corrected chi connectivity index (χ2v) is 7.73. The van der Waals surface area contributed by atoms with E-state index in [1.807, 2.05) is 16.8 Å². The summed E-state index contributed by atoms with van der Waals surface area (Å²) in [7, 11) is 0. The van der Waals surface area contributed by atoms with Crippen LogP contribution in [0.4, 0.5) is 4.39 Å². The molecule has 3 aromatic rings. The summed E-state index contributed by atoms with van der Waals surface area (Å²) in [5.74, 6) is 0.986. The van der Waals surface area contributed by atoms with E-state index in [9.17, 15) is 9.18 Å². The van der Waals surface area contributed by atoms with E-state index < -0.39 is 0 Å². The number of benzene rings is 1. The second-order valence-electron chi connectivity index (χ2n) is 6.95. The fraction of sp³-hybridized carbons (Fsp3) is 0.350. The van der Waals surface area contributed by atoms with Crippen molar-refractivity contribution in [2.45, 2.75) is 26.2 Å². The summed E-state index contributed by atoms with van der Waals surface area (Å²) in [4.78, 5) is 19.0. The van der Waals surface area contributed by atoms with Crippen LogP contribution in [0.2, 0.25) is 0 Å². The summed E-state index contributed by atoms with van der Waals surface area (Å²) in [5, 5.41) is 8.00. The number of carbonyl (C=O) groups excluding carboxylic acids is 1. The number of carbonyl (C=O) groups is 1. The zero-order chi connectivity index (χ0) is 18.8. The van der Waals surface area contributed by atoms with E-state index in [-0.39, 0.29) is 17.6 Å². The number of nitrogens with zero attached hydrogens (tertiary/aromatic N) is 3. The van der Waals surface area contributed by atoms with Gasteiger partial charge in [-0.2, -0.15) is 16.3 Å². The molecule has 1 atom stereocenters. The molecule has 1 amide bonds. The van der Waals surface area contributed by atoms with E-state index in [1.165, 1.54) is 6.07 Å². The minimum atomic E-state index is -0.346. The number of halogens is 1. The molecule has 7 heteroatoms. The Morgan fingerprint density at radius 3 is 3.07 bits per heavy atom. The van der Waals surface area contributed by atoms with Crippen LogP contribution >= 0.6 is 11.3 Å². The highest BCUT2D eigenvalue weighted by atomic mass is 32.1. The van der Waals surface area contributed by atoms with Crippen molar-refractivity contribution in [2.75, 3.05) is 13.1 Å². The SMILES string of the molecule is Cc1ccc(C(=O)N2CCCC(Cc3nc(-c4ccsc4)no3)C2)cc1F. The van der Waals surface area contributed by atoms with Crippen LogP contribution in [0.3, 0.4) is 0 Å². The molecule has 1 aliphatic heterocycles. The third-order valence-electron chi connectivity index (χ3n) is 4.94. The maximum Gasteiger partial charge on any atom is 0.253 e. The number of rotatable bonds is 4. The largest absolute Gasteiger partial charge is 0.339 e. The van der Waals surface area contributed by atoms with Crippen LogP contribution in [0.5, 0.6) is 0 Å². The van der Waals surface area contributed by atoms with Crippen LogP contribution in [0.15, 0.2) is 39.5 Å². The molecule has 1 unspecified atom stereocenters. The molecule has 0 radical (unpaired) electrons. The van der Waals surface area contributed by atoms with Gasteiger partial charge in [0.2, 0.25) is 11.7 Å². The van der Waals surface area contributed by atoms with Gasteiger partial charge in [-0.1, -0.05) is 11.2 Å². The molecule has 1 fully saturated rings. The number of aromatic nitrogens is 2. The Morgan fingerprint density at radius 2 is 2.30 bits per heavy atom. The van der Waals surface area contributed by atoms with Crippen molar-refractivity contribution in [3.63, 3.8) is 0 Å². The number of thiophene rings is 1. The lowest BCUT2D eigenvalue weighted by Gasteiger charge is -2.32. The average molecular weight is 385 g/mol. The third kappa shape index (κ3) is 3.93. The molecule has 0 saturated carbocycles. The average Bonchev–Trinajstić information content (AvgIpc) is 3.35. The minimum absolute atomic E-state index is 0.122. The Bertz CT molecular complexity index is 939. The molecule has 2 aromatic heterocycles. The molecule has 27 heavy (non-hydrogen) atoms. The van der Waals surface area contributed by atoms with Crippen LogP contribution < -0.4 is 0 Å². The first-order valence-electron chi connectivity index (χ1n) is 9.01. The fourth-order valence-electron chi connectivity index (χ4n) is 3.42. The second kappa shape index (κ2) is 7.60. The molecular formula is C20H20FN3O2S. The summed E-state index contributed by atoms with van der Waals surface area (Å²) < 4.78 is 19.2. The van der Waals surface area contributed by atoms with Gasteiger partial charge in [-0.05, 0) is 54.8 Å². The number of aryl methyl sites for hydroxylation is 1. The molecule has 0 aliphatic carbocycles. The smallest absolute Gasteiger partial charge is 0.253 e. The minimum Gasteiger partial charge on any atom is -0.339 e. The van der Waals surface area contributed by atoms with Crippen LogP contribution in [-0.4, -0.2) is 34.0 Å². The van der Waals surface area contributed by atoms with Gasteiger partial charge in [-0.3, -0.25) is 4.79 Å². The molecule has 3 heterocycles. The standard InChI is InChI=1S/C20H20FN3O2S/c1-13-4-5-15(10-17(13)21)20(25)24-7-2-3-14(11-24)9-18-22-19(23-26-18)16-6-8-27-12-16/h4-6,8,10,12,14H,2-3,7,9,11H2,1H3. The Labute approximate surface area is 160 Å². The molecule has 1 aliphatic rings. The van der Waals surface area contributed by atoms with Crippen LogP contribution in [0, 0.1) is 18.7 Å². The first-order chi connectivity index (χ1) is 13.1. The van der Waals surface area contributed by atoms with E-state index in [0.717, 1.165) is 18.4 Å². The monoisotopic (exact) mass is 385 g/mol. The summed E-state index contributed by atoms with van der Waals surface area (Å²) in [6.45, 7) is 2.99. The van der Waals surface area contributed by atoms with Gasteiger partial charge in [-0.15, -0.1) is 0 Å². The lowest BCUT2D eigenvalue weighted by molar-refractivity contribution is 0.0667. The summed E-state index contributed by atoms with van der Waals surface area (Å²) in [6.07, 6.45) is 2.56. The topological polar surface area (TPSA) is 59.2 Å². The van der Waals surface area contributed by atoms with Gasteiger partial charge in [0, 0.05) is 36.0 Å². The summed E-state index contributed by atoms with van der Waals surface area (Å²) in [6, 6.07) is 6.62. The zero-order valence-electron chi connectivity index (χ0n) is 15.0. The molecule has 0 bridgehead atoms. The quantitative estimate of drug-likeness (QED) is 0.670. The van der Waals surface area contributed by atoms with E-state index in [1.54, 1.807) is 35.3 Å². The molecule has 0 spiro atoms. The third-order valence-corrected chi connectivity index (χ3v) is 5.62. The molecule has 0 N–H and O–H groups in total. The van der Waals surface area contributed by atoms with Gasteiger partial charge < -0.3 is 9.42 Å². The van der Waals surface area contributed by atoms with Crippen LogP contribution in [-0.2, 0) is 6.42 Å². The fourth-order valence-corrected chi connectivity index (χ4v) is 4.05. The number of likely N-dealkylation sites (tertiary alicyclic amines) is 1. The van der Waals surface area contributed by atoms with Crippen molar-refractivity contribution in [3.05, 3.63) is 57.9 Å².